The summed E-state index contributed by atoms with van der Waals surface area (Å²) in [6.45, 7) is -2.38. The van der Waals surface area contributed by atoms with E-state index in [2.05, 4.69) is 0 Å². The lowest BCUT2D eigenvalue weighted by atomic mass is 9.91. The van der Waals surface area contributed by atoms with Crippen LogP contribution in [-0.2, 0) is 17.7 Å². The molecule has 156 valence electrons. The fourth-order valence-electron chi connectivity index (χ4n) is 2.90. The molecule has 2 N–H and O–H groups in total. The zero-order chi connectivity index (χ0) is 21.3. The summed E-state index contributed by atoms with van der Waals surface area (Å²) in [7, 11) is 0. The first-order chi connectivity index (χ1) is 11.8. The lowest BCUT2D eigenvalue weighted by Gasteiger charge is -2.43. The van der Waals surface area contributed by atoms with E-state index in [1.165, 1.54) is 0 Å². The van der Waals surface area contributed by atoms with Crippen molar-refractivity contribution in [1.82, 2.24) is 9.88 Å². The van der Waals surface area contributed by atoms with Crippen LogP contribution in [0.15, 0.2) is 12.1 Å². The molecule has 2 heterocycles. The van der Waals surface area contributed by atoms with E-state index in [0.717, 1.165) is 5.32 Å². The molecule has 0 atom stereocenters. The van der Waals surface area contributed by atoms with Gasteiger partial charge >= 0.3 is 24.7 Å². The zero-order valence-electron chi connectivity index (χ0n) is 12.5. The van der Waals surface area contributed by atoms with Crippen LogP contribution in [0.3, 0.4) is 0 Å². The molecule has 1 aliphatic rings. The van der Waals surface area contributed by atoms with Gasteiger partial charge in [-0.1, -0.05) is 0 Å². The van der Waals surface area contributed by atoms with Crippen molar-refractivity contribution in [2.24, 2.45) is 0 Å². The fourth-order valence-corrected chi connectivity index (χ4v) is 2.90. The van der Waals surface area contributed by atoms with Crippen LogP contribution in [0.5, 0.6) is 0 Å². The normalized spacial score (nSPS) is 19.1. The molecule has 0 bridgehead atoms. The summed E-state index contributed by atoms with van der Waals surface area (Å²) in [6.07, 6.45) is -25.3. The summed E-state index contributed by atoms with van der Waals surface area (Å²) in [5.74, 6) is 0. The van der Waals surface area contributed by atoms with Crippen LogP contribution in [0.4, 0.5) is 52.7 Å². The number of aromatic nitrogens is 1. The van der Waals surface area contributed by atoms with Crippen molar-refractivity contribution in [2.45, 2.75) is 42.4 Å². The van der Waals surface area contributed by atoms with E-state index in [1.807, 2.05) is 0 Å². The highest BCUT2D eigenvalue weighted by Gasteiger charge is 2.76. The van der Waals surface area contributed by atoms with Gasteiger partial charge in [-0.05, 0) is 12.1 Å². The first-order valence-electron chi connectivity index (χ1n) is 6.77. The van der Waals surface area contributed by atoms with Gasteiger partial charge in [-0.3, -0.25) is 5.32 Å². The van der Waals surface area contributed by atoms with E-state index >= 15 is 0 Å². The Bertz CT molecular complexity index is 666. The summed E-state index contributed by atoms with van der Waals surface area (Å²) in [4.78, 5) is 0. The Hall–Kier alpha value is -1.64. The lowest BCUT2D eigenvalue weighted by Crippen LogP contribution is -2.67. The molecule has 0 aliphatic carbocycles. The number of rotatable bonds is 1. The van der Waals surface area contributed by atoms with Crippen molar-refractivity contribution in [3.8, 4) is 0 Å². The third kappa shape index (κ3) is 2.77. The Morgan fingerprint density at radius 1 is 0.815 bits per heavy atom. The second kappa shape index (κ2) is 5.68. The maximum Gasteiger partial charge on any atom is 0.432 e. The fraction of sp³-hybridized carbons (Fsp3) is 0.667. The molecular formula is C12H8F12N2O. The Labute approximate surface area is 141 Å². The molecule has 27 heavy (non-hydrogen) atoms. The average Bonchev–Trinajstić information content (AvgIpc) is 2.85. The van der Waals surface area contributed by atoms with Crippen molar-refractivity contribution in [3.05, 3.63) is 23.5 Å². The van der Waals surface area contributed by atoms with E-state index in [-0.39, 0.29) is 12.1 Å². The predicted molar refractivity (Wildman–Crippen MR) is 62.2 cm³/mol. The molecule has 0 aromatic carbocycles. The van der Waals surface area contributed by atoms with Gasteiger partial charge in [-0.2, -0.15) is 52.7 Å². The van der Waals surface area contributed by atoms with Gasteiger partial charge in [-0.25, -0.2) is 0 Å². The summed E-state index contributed by atoms with van der Waals surface area (Å²) in [6, 6.07) is -0.430. The Morgan fingerprint density at radius 2 is 1.26 bits per heavy atom. The highest BCUT2D eigenvalue weighted by atomic mass is 19.4. The second-order valence-electron chi connectivity index (χ2n) is 5.63. The van der Waals surface area contributed by atoms with Crippen molar-refractivity contribution >= 4 is 0 Å². The van der Waals surface area contributed by atoms with Gasteiger partial charge in [0.25, 0.3) is 11.1 Å². The van der Waals surface area contributed by atoms with Crippen LogP contribution in [0.2, 0.25) is 0 Å². The third-order valence-electron chi connectivity index (χ3n) is 4.13. The summed E-state index contributed by atoms with van der Waals surface area (Å²) < 4.78 is 157. The summed E-state index contributed by atoms with van der Waals surface area (Å²) in [5, 5.41) is 10.4. The monoisotopic (exact) mass is 424 g/mol. The molecule has 0 saturated carbocycles. The van der Waals surface area contributed by atoms with E-state index in [9.17, 15) is 57.8 Å². The Morgan fingerprint density at radius 3 is 1.63 bits per heavy atom. The minimum Gasteiger partial charge on any atom is -0.368 e. The molecule has 0 fully saturated rings. The number of nitrogens with one attached hydrogen (secondary N) is 1. The Balaban J connectivity index is 2.86. The number of halogens is 12. The first-order valence-corrected chi connectivity index (χ1v) is 6.77. The van der Waals surface area contributed by atoms with Crippen LogP contribution in [0.25, 0.3) is 0 Å². The van der Waals surface area contributed by atoms with Crippen LogP contribution < -0.4 is 5.32 Å². The number of alkyl halides is 12. The van der Waals surface area contributed by atoms with Crippen molar-refractivity contribution in [1.29, 1.82) is 0 Å². The number of aliphatic hydroxyl groups is 1. The molecular weight excluding hydrogens is 416 g/mol. The quantitative estimate of drug-likeness (QED) is 0.675. The van der Waals surface area contributed by atoms with E-state index in [0.29, 0.717) is 0 Å². The molecule has 0 saturated heterocycles. The summed E-state index contributed by atoms with van der Waals surface area (Å²) >= 11 is 0. The lowest BCUT2D eigenvalue weighted by molar-refractivity contribution is -0.378. The molecule has 0 spiro atoms. The number of fused-ring (bicyclic) bond motifs is 1. The smallest absolute Gasteiger partial charge is 0.368 e. The molecule has 1 aliphatic heterocycles. The zero-order valence-corrected chi connectivity index (χ0v) is 12.5. The molecule has 0 unspecified atom stereocenters. The van der Waals surface area contributed by atoms with Gasteiger partial charge in [0.1, 0.15) is 0 Å². The van der Waals surface area contributed by atoms with E-state index < -0.39 is 64.9 Å². The minimum absolute atomic E-state index is 0.176. The van der Waals surface area contributed by atoms with Crippen LogP contribution in [0, 0.1) is 0 Å². The maximum absolute atomic E-state index is 13.2. The van der Waals surface area contributed by atoms with Gasteiger partial charge in [-0.15, -0.1) is 0 Å². The average molecular weight is 424 g/mol. The van der Waals surface area contributed by atoms with E-state index in [1.54, 1.807) is 0 Å². The van der Waals surface area contributed by atoms with Crippen LogP contribution in [-0.4, -0.2) is 40.9 Å². The van der Waals surface area contributed by atoms with Gasteiger partial charge in [0.05, 0.1) is 11.4 Å². The molecule has 15 heteroatoms. The van der Waals surface area contributed by atoms with Crippen molar-refractivity contribution < 1.29 is 57.8 Å². The SMILES string of the molecule is OC(c1ccc2n1CCNC2(C(F)(F)F)C(F)(F)F)(C(F)(F)F)C(F)(F)F. The largest absolute Gasteiger partial charge is 0.432 e. The first kappa shape index (κ1) is 21.7. The standard InChI is InChI=1S/C12H8F12N2O/c13-9(14,15)7(10(16,17)18)5-1-2-6(26(5)4-3-25-7)8(27,11(19,20)21)12(22,23)24/h1-2,25,27H,3-4H2. The molecule has 1 aromatic heterocycles. The minimum atomic E-state index is -6.47. The predicted octanol–water partition coefficient (Wildman–Crippen LogP) is 3.72. The number of hydrogen-bond acceptors (Lipinski definition) is 2. The number of hydrogen-bond donors (Lipinski definition) is 2. The van der Waals surface area contributed by atoms with Crippen molar-refractivity contribution in [2.75, 3.05) is 6.54 Å². The number of nitrogens with zero attached hydrogens (tertiary/aromatic N) is 1. The van der Waals surface area contributed by atoms with Crippen molar-refractivity contribution in [3.63, 3.8) is 0 Å². The van der Waals surface area contributed by atoms with Gasteiger partial charge < -0.3 is 9.67 Å². The third-order valence-corrected chi connectivity index (χ3v) is 4.13. The van der Waals surface area contributed by atoms with Gasteiger partial charge in [0.15, 0.2) is 0 Å². The molecule has 0 amide bonds. The van der Waals surface area contributed by atoms with Crippen LogP contribution in [0.1, 0.15) is 11.4 Å². The topological polar surface area (TPSA) is 37.2 Å². The highest BCUT2D eigenvalue weighted by Crippen LogP contribution is 2.55. The molecule has 1 aromatic rings. The Kier molecular flexibility index (Phi) is 4.56. The second-order valence-corrected chi connectivity index (χ2v) is 5.63. The maximum atomic E-state index is 13.2. The van der Waals surface area contributed by atoms with Gasteiger partial charge in [0.2, 0.25) is 0 Å². The summed E-state index contributed by atoms with van der Waals surface area (Å²) in [5.41, 5.74) is -14.7. The van der Waals surface area contributed by atoms with E-state index in [4.69, 9.17) is 0 Å². The highest BCUT2D eigenvalue weighted by molar-refractivity contribution is 5.34. The van der Waals surface area contributed by atoms with Crippen LogP contribution >= 0.6 is 0 Å². The molecule has 2 rings (SSSR count). The van der Waals surface area contributed by atoms with Gasteiger partial charge in [0, 0.05) is 13.1 Å². The molecule has 0 radical (unpaired) electrons. The molecule has 3 nitrogen and oxygen atoms in total.